The minimum Gasteiger partial charge on any atom is -0.497 e. The van der Waals surface area contributed by atoms with E-state index >= 15 is 0 Å². The van der Waals surface area contributed by atoms with Crippen molar-refractivity contribution in [2.45, 2.75) is 0 Å². The predicted octanol–water partition coefficient (Wildman–Crippen LogP) is 0.919. The molecule has 0 unspecified atom stereocenters. The van der Waals surface area contributed by atoms with Crippen LogP contribution in [0.4, 0.5) is 0 Å². The van der Waals surface area contributed by atoms with Crippen LogP contribution in [0.3, 0.4) is 0 Å². The summed E-state index contributed by atoms with van der Waals surface area (Å²) in [6.45, 7) is 0. The molecule has 2 heterocycles. The summed E-state index contributed by atoms with van der Waals surface area (Å²) in [6, 6.07) is 7.44. The Hall–Kier alpha value is -3.16. The second-order valence-corrected chi connectivity index (χ2v) is 4.19. The molecule has 8 heteroatoms. The number of ether oxygens (including phenoxy) is 1. The lowest BCUT2D eigenvalue weighted by atomic mass is 10.3. The van der Waals surface area contributed by atoms with Crippen LogP contribution in [0.15, 0.2) is 42.1 Å². The lowest BCUT2D eigenvalue weighted by Gasteiger charge is -2.05. The number of nitrogens with zero attached hydrogens (tertiary/aromatic N) is 5. The zero-order chi connectivity index (χ0) is 14.8. The predicted molar refractivity (Wildman–Crippen MR) is 75.7 cm³/mol. The molecule has 8 nitrogen and oxygen atoms in total. The maximum Gasteiger partial charge on any atom is 0.191 e. The summed E-state index contributed by atoms with van der Waals surface area (Å²) in [5, 5.41) is 11.7. The molecule has 21 heavy (non-hydrogen) atoms. The first kappa shape index (κ1) is 12.9. The highest BCUT2D eigenvalue weighted by Gasteiger charge is 2.14. The van der Waals surface area contributed by atoms with E-state index in [1.807, 2.05) is 24.3 Å². The van der Waals surface area contributed by atoms with Gasteiger partial charge in [0.15, 0.2) is 11.5 Å². The molecule has 0 spiro atoms. The van der Waals surface area contributed by atoms with Crippen LogP contribution in [0.25, 0.3) is 16.9 Å². The Balaban J connectivity index is 2.16. The Kier molecular flexibility index (Phi) is 3.11. The van der Waals surface area contributed by atoms with Crippen molar-refractivity contribution in [1.82, 2.24) is 19.5 Å². The molecule has 106 valence electrons. The van der Waals surface area contributed by atoms with Crippen molar-refractivity contribution in [3.63, 3.8) is 0 Å². The Labute approximate surface area is 119 Å². The topological polar surface area (TPSA) is 111 Å². The van der Waals surface area contributed by atoms with Crippen LogP contribution in [0.2, 0.25) is 0 Å². The molecule has 0 fully saturated rings. The monoisotopic (exact) mass is 284 g/mol. The molecule has 0 aliphatic carbocycles. The van der Waals surface area contributed by atoms with E-state index in [-0.39, 0.29) is 11.5 Å². The molecule has 0 amide bonds. The third-order valence-electron chi connectivity index (χ3n) is 3.03. The van der Waals surface area contributed by atoms with Gasteiger partial charge in [-0.2, -0.15) is 0 Å². The van der Waals surface area contributed by atoms with Crippen molar-refractivity contribution in [2.24, 2.45) is 10.9 Å². The largest absolute Gasteiger partial charge is 0.497 e. The van der Waals surface area contributed by atoms with Gasteiger partial charge in [0, 0.05) is 5.69 Å². The molecule has 0 bridgehead atoms. The maximum absolute atomic E-state index is 8.78. The Morgan fingerprint density at radius 3 is 2.67 bits per heavy atom. The number of aromatic nitrogens is 4. The number of oxime groups is 1. The van der Waals surface area contributed by atoms with Crippen molar-refractivity contribution in [3.05, 3.63) is 42.6 Å². The van der Waals surface area contributed by atoms with Crippen LogP contribution in [-0.2, 0) is 0 Å². The Morgan fingerprint density at radius 1 is 1.24 bits per heavy atom. The SMILES string of the molecule is COc1ccc(-n2cnc3c(/C(N)=N/O)ncnc32)cc1. The third-order valence-corrected chi connectivity index (χ3v) is 3.03. The summed E-state index contributed by atoms with van der Waals surface area (Å²) < 4.78 is 6.91. The molecule has 1 aromatic carbocycles. The van der Waals surface area contributed by atoms with E-state index in [2.05, 4.69) is 20.1 Å². The fourth-order valence-corrected chi connectivity index (χ4v) is 2.00. The van der Waals surface area contributed by atoms with Gasteiger partial charge in [-0.25, -0.2) is 15.0 Å². The van der Waals surface area contributed by atoms with E-state index in [1.165, 1.54) is 6.33 Å². The second-order valence-electron chi connectivity index (χ2n) is 4.19. The number of hydrogen-bond donors (Lipinski definition) is 2. The fraction of sp³-hybridized carbons (Fsp3) is 0.0769. The smallest absolute Gasteiger partial charge is 0.191 e. The lowest BCUT2D eigenvalue weighted by molar-refractivity contribution is 0.318. The van der Waals surface area contributed by atoms with Gasteiger partial charge in [0.05, 0.1) is 7.11 Å². The van der Waals surface area contributed by atoms with E-state index in [1.54, 1.807) is 18.0 Å². The lowest BCUT2D eigenvalue weighted by Crippen LogP contribution is -2.16. The average Bonchev–Trinajstić information content (AvgIpc) is 2.98. The zero-order valence-corrected chi connectivity index (χ0v) is 11.1. The number of imidazole rings is 1. The van der Waals surface area contributed by atoms with Crippen molar-refractivity contribution in [1.29, 1.82) is 0 Å². The van der Waals surface area contributed by atoms with Gasteiger partial charge < -0.3 is 15.7 Å². The van der Waals surface area contributed by atoms with Crippen LogP contribution >= 0.6 is 0 Å². The van der Waals surface area contributed by atoms with Crippen molar-refractivity contribution in [3.8, 4) is 11.4 Å². The van der Waals surface area contributed by atoms with Crippen LogP contribution in [0, 0.1) is 0 Å². The molecule has 0 aliphatic heterocycles. The standard InChI is InChI=1S/C13H12N6O2/c1-21-9-4-2-8(3-5-9)19-7-17-11-10(12(14)18-20)15-6-16-13(11)19/h2-7,20H,1H3,(H2,14,18). The van der Waals surface area contributed by atoms with E-state index in [0.29, 0.717) is 11.2 Å². The summed E-state index contributed by atoms with van der Waals surface area (Å²) in [5.41, 5.74) is 7.77. The minimum atomic E-state index is -0.109. The van der Waals surface area contributed by atoms with Crippen molar-refractivity contribution < 1.29 is 9.94 Å². The number of nitrogens with two attached hydrogens (primary N) is 1. The van der Waals surface area contributed by atoms with E-state index < -0.39 is 0 Å². The van der Waals surface area contributed by atoms with Crippen LogP contribution in [0.5, 0.6) is 5.75 Å². The van der Waals surface area contributed by atoms with Crippen molar-refractivity contribution in [2.75, 3.05) is 7.11 Å². The van der Waals surface area contributed by atoms with E-state index in [9.17, 15) is 0 Å². The minimum absolute atomic E-state index is 0.109. The molecule has 3 aromatic rings. The Bertz CT molecular complexity index is 809. The van der Waals surface area contributed by atoms with Gasteiger partial charge in [0.2, 0.25) is 0 Å². The molecule has 0 saturated carbocycles. The van der Waals surface area contributed by atoms with Crippen LogP contribution < -0.4 is 10.5 Å². The van der Waals surface area contributed by atoms with Gasteiger partial charge in [0.1, 0.15) is 29.6 Å². The molecule has 0 atom stereocenters. The third kappa shape index (κ3) is 2.12. The van der Waals surface area contributed by atoms with E-state index in [0.717, 1.165) is 11.4 Å². The molecular weight excluding hydrogens is 272 g/mol. The number of hydrogen-bond acceptors (Lipinski definition) is 6. The molecular formula is C13H12N6O2. The van der Waals surface area contributed by atoms with Crippen LogP contribution in [-0.4, -0.2) is 37.7 Å². The van der Waals surface area contributed by atoms with Gasteiger partial charge in [-0.15, -0.1) is 0 Å². The van der Waals surface area contributed by atoms with Crippen molar-refractivity contribution >= 4 is 17.0 Å². The first-order chi connectivity index (χ1) is 10.2. The number of methoxy groups -OCH3 is 1. The molecule has 3 rings (SSSR count). The molecule has 0 aliphatic rings. The van der Waals surface area contributed by atoms with E-state index in [4.69, 9.17) is 15.7 Å². The summed E-state index contributed by atoms with van der Waals surface area (Å²) in [4.78, 5) is 12.4. The number of amidine groups is 1. The summed E-state index contributed by atoms with van der Waals surface area (Å²) in [7, 11) is 1.61. The molecule has 0 radical (unpaired) electrons. The van der Waals surface area contributed by atoms with Gasteiger partial charge >= 0.3 is 0 Å². The zero-order valence-electron chi connectivity index (χ0n) is 11.1. The first-order valence-electron chi connectivity index (χ1n) is 6.05. The summed E-state index contributed by atoms with van der Waals surface area (Å²) in [6.07, 6.45) is 2.95. The molecule has 2 aromatic heterocycles. The molecule has 0 saturated heterocycles. The number of benzene rings is 1. The summed E-state index contributed by atoms with van der Waals surface area (Å²) in [5.74, 6) is 0.650. The number of rotatable bonds is 3. The van der Waals surface area contributed by atoms with Gasteiger partial charge in [-0.1, -0.05) is 5.16 Å². The van der Waals surface area contributed by atoms with Gasteiger partial charge in [-0.05, 0) is 24.3 Å². The highest BCUT2D eigenvalue weighted by Crippen LogP contribution is 2.20. The van der Waals surface area contributed by atoms with Crippen LogP contribution in [0.1, 0.15) is 5.69 Å². The highest BCUT2D eigenvalue weighted by molar-refractivity contribution is 6.04. The van der Waals surface area contributed by atoms with Gasteiger partial charge in [0.25, 0.3) is 0 Å². The molecule has 3 N–H and O–H groups in total. The average molecular weight is 284 g/mol. The highest BCUT2D eigenvalue weighted by atomic mass is 16.5. The fourth-order valence-electron chi connectivity index (χ4n) is 2.00. The first-order valence-corrected chi connectivity index (χ1v) is 6.05. The Morgan fingerprint density at radius 2 is 2.00 bits per heavy atom. The quantitative estimate of drug-likeness (QED) is 0.320. The maximum atomic E-state index is 8.78. The normalized spacial score (nSPS) is 11.8. The summed E-state index contributed by atoms with van der Waals surface area (Å²) >= 11 is 0. The second kappa shape index (κ2) is 5.08. The van der Waals surface area contributed by atoms with Gasteiger partial charge in [-0.3, -0.25) is 4.57 Å². The number of fused-ring (bicyclic) bond motifs is 1.